The number of nitrogens with zero attached hydrogens (tertiary/aromatic N) is 1. The number of likely N-dealkylation sites (tertiary alicyclic amines) is 1. The van der Waals surface area contributed by atoms with Crippen molar-refractivity contribution < 1.29 is 14.3 Å². The van der Waals surface area contributed by atoms with Crippen LogP contribution in [0.25, 0.3) is 0 Å². The molecule has 1 atom stereocenters. The van der Waals surface area contributed by atoms with Crippen molar-refractivity contribution in [2.75, 3.05) is 19.7 Å². The molecule has 0 radical (unpaired) electrons. The highest BCUT2D eigenvalue weighted by atomic mass is 32.2. The van der Waals surface area contributed by atoms with Gasteiger partial charge in [-0.3, -0.25) is 9.69 Å². The Bertz CT molecular complexity index is 1070. The van der Waals surface area contributed by atoms with Crippen LogP contribution in [0.15, 0.2) is 103 Å². The summed E-state index contributed by atoms with van der Waals surface area (Å²) in [6.07, 6.45) is 2.35. The van der Waals surface area contributed by atoms with Crippen LogP contribution in [-0.4, -0.2) is 40.9 Å². The third kappa shape index (κ3) is 5.42. The lowest BCUT2D eigenvalue weighted by atomic mass is 9.74. The SMILES string of the molecule is CCOC(=O)C=C1CN(C(c2ccccc2)(c2ccccc2)c2ccccc2)CCC1SC(C)=O. The van der Waals surface area contributed by atoms with Gasteiger partial charge in [0, 0.05) is 31.3 Å². The number of carbonyl (C=O) groups is 2. The highest BCUT2D eigenvalue weighted by molar-refractivity contribution is 8.14. The van der Waals surface area contributed by atoms with Crippen LogP contribution in [0.3, 0.4) is 0 Å². The van der Waals surface area contributed by atoms with E-state index in [0.717, 1.165) is 35.2 Å². The van der Waals surface area contributed by atoms with Crippen LogP contribution in [0.4, 0.5) is 0 Å². The smallest absolute Gasteiger partial charge is 0.330 e. The quantitative estimate of drug-likeness (QED) is 0.240. The molecule has 0 N–H and O–H groups in total. The minimum Gasteiger partial charge on any atom is -0.463 e. The van der Waals surface area contributed by atoms with E-state index in [2.05, 4.69) is 77.7 Å². The zero-order chi connectivity index (χ0) is 24.7. The Balaban J connectivity index is 1.89. The normalized spacial score (nSPS) is 17.8. The highest BCUT2D eigenvalue weighted by Crippen LogP contribution is 2.45. The molecule has 1 aliphatic heterocycles. The standard InChI is InChI=1S/C30H31NO3S/c1-3-34-29(33)21-24-22-31(20-19-28(24)35-23(2)32)30(25-13-7-4-8-14-25,26-15-9-5-10-16-26)27-17-11-6-12-18-27/h4-18,21,28H,3,19-20,22H2,1-2H3. The number of rotatable bonds is 7. The van der Waals surface area contributed by atoms with Crippen molar-refractivity contribution >= 4 is 22.8 Å². The Morgan fingerprint density at radius 2 is 1.40 bits per heavy atom. The second-order valence-electron chi connectivity index (χ2n) is 8.59. The number of hydrogen-bond acceptors (Lipinski definition) is 5. The van der Waals surface area contributed by atoms with E-state index in [-0.39, 0.29) is 16.3 Å². The van der Waals surface area contributed by atoms with Crippen molar-refractivity contribution in [2.24, 2.45) is 0 Å². The average Bonchev–Trinajstić information content (AvgIpc) is 2.88. The molecule has 0 aromatic heterocycles. The summed E-state index contributed by atoms with van der Waals surface area (Å²) in [5.74, 6) is -0.358. The number of hydrogen-bond donors (Lipinski definition) is 0. The fourth-order valence-corrected chi connectivity index (χ4v) is 5.96. The van der Waals surface area contributed by atoms with E-state index in [1.807, 2.05) is 18.2 Å². The molecule has 0 spiro atoms. The van der Waals surface area contributed by atoms with Gasteiger partial charge in [0.25, 0.3) is 0 Å². The van der Waals surface area contributed by atoms with Gasteiger partial charge in [-0.25, -0.2) is 4.79 Å². The van der Waals surface area contributed by atoms with Crippen molar-refractivity contribution in [1.29, 1.82) is 0 Å². The summed E-state index contributed by atoms with van der Waals surface area (Å²) < 4.78 is 5.24. The Morgan fingerprint density at radius 3 is 1.83 bits per heavy atom. The van der Waals surface area contributed by atoms with E-state index in [9.17, 15) is 9.59 Å². The first kappa shape index (κ1) is 25.0. The van der Waals surface area contributed by atoms with E-state index < -0.39 is 5.54 Å². The minimum atomic E-state index is -0.566. The van der Waals surface area contributed by atoms with E-state index in [0.29, 0.717) is 13.2 Å². The van der Waals surface area contributed by atoms with Gasteiger partial charge in [-0.15, -0.1) is 0 Å². The molecule has 4 nitrogen and oxygen atoms in total. The molecule has 1 unspecified atom stereocenters. The van der Waals surface area contributed by atoms with Crippen molar-refractivity contribution in [1.82, 2.24) is 4.90 Å². The van der Waals surface area contributed by atoms with Gasteiger partial charge < -0.3 is 4.74 Å². The first-order valence-corrected chi connectivity index (χ1v) is 12.9. The van der Waals surface area contributed by atoms with Crippen molar-refractivity contribution in [2.45, 2.75) is 31.1 Å². The molecule has 3 aromatic rings. The number of esters is 1. The molecule has 0 saturated carbocycles. The summed E-state index contributed by atoms with van der Waals surface area (Å²) in [5, 5.41) is 0.00632. The Kier molecular flexibility index (Phi) is 8.21. The molecule has 1 heterocycles. The number of ether oxygens (including phenoxy) is 1. The van der Waals surface area contributed by atoms with Gasteiger partial charge in [-0.05, 0) is 35.6 Å². The molecule has 4 rings (SSSR count). The summed E-state index contributed by atoms with van der Waals surface area (Å²) in [6, 6.07) is 31.6. The van der Waals surface area contributed by atoms with Crippen LogP contribution in [0, 0.1) is 0 Å². The first-order chi connectivity index (χ1) is 17.1. The van der Waals surface area contributed by atoms with Gasteiger partial charge in [-0.2, -0.15) is 0 Å². The van der Waals surface area contributed by atoms with E-state index >= 15 is 0 Å². The monoisotopic (exact) mass is 485 g/mol. The highest BCUT2D eigenvalue weighted by Gasteiger charge is 2.44. The Hall–Kier alpha value is -3.15. The molecular formula is C30H31NO3S. The third-order valence-electron chi connectivity index (χ3n) is 6.40. The van der Waals surface area contributed by atoms with E-state index in [1.165, 1.54) is 11.8 Å². The number of thioether (sulfide) groups is 1. The van der Waals surface area contributed by atoms with Gasteiger partial charge in [0.05, 0.1) is 12.1 Å². The molecule has 1 aliphatic rings. The molecule has 0 bridgehead atoms. The second-order valence-corrected chi connectivity index (χ2v) is 9.97. The molecule has 5 heteroatoms. The van der Waals surface area contributed by atoms with E-state index in [1.54, 1.807) is 19.9 Å². The van der Waals surface area contributed by atoms with Gasteiger partial charge >= 0.3 is 5.97 Å². The van der Waals surface area contributed by atoms with Crippen LogP contribution < -0.4 is 0 Å². The Morgan fingerprint density at radius 1 is 0.914 bits per heavy atom. The predicted octanol–water partition coefficient (Wildman–Crippen LogP) is 5.82. The van der Waals surface area contributed by atoms with Crippen molar-refractivity contribution in [3.05, 3.63) is 119 Å². The predicted molar refractivity (Wildman–Crippen MR) is 142 cm³/mol. The summed E-state index contributed by atoms with van der Waals surface area (Å²) in [4.78, 5) is 27.0. The lowest BCUT2D eigenvalue weighted by molar-refractivity contribution is -0.137. The van der Waals surface area contributed by atoms with Crippen LogP contribution >= 0.6 is 11.8 Å². The summed E-state index contributed by atoms with van der Waals surface area (Å²) in [6.45, 7) is 5.02. The van der Waals surface area contributed by atoms with Crippen molar-refractivity contribution in [3.8, 4) is 0 Å². The van der Waals surface area contributed by atoms with Crippen molar-refractivity contribution in [3.63, 3.8) is 0 Å². The molecule has 3 aromatic carbocycles. The fourth-order valence-electron chi connectivity index (χ4n) is 5.04. The van der Waals surface area contributed by atoms with E-state index in [4.69, 9.17) is 4.74 Å². The van der Waals surface area contributed by atoms with Gasteiger partial charge in [0.15, 0.2) is 5.12 Å². The zero-order valence-electron chi connectivity index (χ0n) is 20.2. The lowest BCUT2D eigenvalue weighted by Crippen LogP contribution is -2.52. The lowest BCUT2D eigenvalue weighted by Gasteiger charge is -2.49. The topological polar surface area (TPSA) is 46.6 Å². The largest absolute Gasteiger partial charge is 0.463 e. The zero-order valence-corrected chi connectivity index (χ0v) is 21.0. The fraction of sp³-hybridized carbons (Fsp3) is 0.267. The van der Waals surface area contributed by atoms with Gasteiger partial charge in [-0.1, -0.05) is 103 Å². The van der Waals surface area contributed by atoms with Gasteiger partial charge in [0.2, 0.25) is 0 Å². The molecule has 0 aliphatic carbocycles. The first-order valence-electron chi connectivity index (χ1n) is 12.0. The number of carbonyl (C=O) groups excluding carboxylic acids is 2. The Labute approximate surface area is 212 Å². The maximum Gasteiger partial charge on any atom is 0.330 e. The molecule has 1 saturated heterocycles. The summed E-state index contributed by atoms with van der Waals surface area (Å²) in [5.41, 5.74) is 3.83. The second kappa shape index (κ2) is 11.5. The van der Waals surface area contributed by atoms with Crippen LogP contribution in [0.5, 0.6) is 0 Å². The summed E-state index contributed by atoms with van der Waals surface area (Å²) in [7, 11) is 0. The van der Waals surface area contributed by atoms with Gasteiger partial charge in [0.1, 0.15) is 0 Å². The molecule has 0 amide bonds. The maximum atomic E-state index is 12.5. The summed E-state index contributed by atoms with van der Waals surface area (Å²) >= 11 is 1.30. The minimum absolute atomic E-state index is 0.0480. The number of benzene rings is 3. The van der Waals surface area contributed by atoms with Crippen LogP contribution in [0.1, 0.15) is 37.0 Å². The average molecular weight is 486 g/mol. The molecule has 1 fully saturated rings. The number of piperidine rings is 1. The molecule has 35 heavy (non-hydrogen) atoms. The van der Waals surface area contributed by atoms with Crippen LogP contribution in [-0.2, 0) is 19.9 Å². The maximum absolute atomic E-state index is 12.5. The molecular weight excluding hydrogens is 454 g/mol. The van der Waals surface area contributed by atoms with Crippen LogP contribution in [0.2, 0.25) is 0 Å². The molecule has 180 valence electrons. The third-order valence-corrected chi connectivity index (χ3v) is 7.55.